The Morgan fingerprint density at radius 2 is 1.81 bits per heavy atom. The Labute approximate surface area is 129 Å². The minimum atomic E-state index is -3.26. The van der Waals surface area contributed by atoms with Gasteiger partial charge in [0.1, 0.15) is 0 Å². The van der Waals surface area contributed by atoms with Gasteiger partial charge in [-0.2, -0.15) is 0 Å². The third-order valence-electron chi connectivity index (χ3n) is 3.41. The Bertz CT molecular complexity index is 527. The minimum Gasteiger partial charge on any atom is -0.310 e. The van der Waals surface area contributed by atoms with Crippen molar-refractivity contribution in [2.75, 3.05) is 6.54 Å². The smallest absolute Gasteiger partial charge is 0.215 e. The van der Waals surface area contributed by atoms with Crippen LogP contribution in [0.4, 0.5) is 0 Å². The van der Waals surface area contributed by atoms with Crippen molar-refractivity contribution < 1.29 is 8.42 Å². The zero-order valence-corrected chi connectivity index (χ0v) is 14.3. The molecule has 1 atom stereocenters. The lowest BCUT2D eigenvalue weighted by atomic mass is 10.1. The predicted molar refractivity (Wildman–Crippen MR) is 88.5 cm³/mol. The summed E-state index contributed by atoms with van der Waals surface area (Å²) < 4.78 is 26.8. The van der Waals surface area contributed by atoms with E-state index in [-0.39, 0.29) is 5.75 Å². The van der Waals surface area contributed by atoms with Crippen LogP contribution in [-0.4, -0.2) is 21.0 Å². The molecule has 0 heterocycles. The molecule has 0 aliphatic carbocycles. The summed E-state index contributed by atoms with van der Waals surface area (Å²) in [5.74, 6) is 0.403. The van der Waals surface area contributed by atoms with Crippen LogP contribution in [0.3, 0.4) is 0 Å². The normalized spacial score (nSPS) is 13.6. The fraction of sp³-hybridized carbons (Fsp3) is 0.625. The summed E-state index contributed by atoms with van der Waals surface area (Å²) in [4.78, 5) is 0. The average Bonchev–Trinajstić information content (AvgIpc) is 2.42. The molecule has 0 fully saturated rings. The van der Waals surface area contributed by atoms with E-state index in [4.69, 9.17) is 0 Å². The molecule has 0 amide bonds. The Kier molecular flexibility index (Phi) is 7.35. The topological polar surface area (TPSA) is 58.2 Å². The van der Waals surface area contributed by atoms with Gasteiger partial charge in [0.2, 0.25) is 10.0 Å². The molecule has 0 spiro atoms. The van der Waals surface area contributed by atoms with Gasteiger partial charge in [0.05, 0.1) is 5.75 Å². The number of benzene rings is 1. The fourth-order valence-corrected chi connectivity index (χ4v) is 3.09. The monoisotopic (exact) mass is 312 g/mol. The lowest BCUT2D eigenvalue weighted by Crippen LogP contribution is -2.29. The summed E-state index contributed by atoms with van der Waals surface area (Å²) in [5.41, 5.74) is 1.94. The van der Waals surface area contributed by atoms with Crippen LogP contribution in [0.15, 0.2) is 24.3 Å². The third-order valence-corrected chi connectivity index (χ3v) is 4.73. The number of rotatable bonds is 9. The van der Waals surface area contributed by atoms with Crippen molar-refractivity contribution in [3.05, 3.63) is 35.4 Å². The zero-order valence-electron chi connectivity index (χ0n) is 13.5. The first-order chi connectivity index (χ1) is 9.82. The Balaban J connectivity index is 2.63. The zero-order chi connectivity index (χ0) is 15.9. The van der Waals surface area contributed by atoms with E-state index < -0.39 is 10.0 Å². The number of sulfonamides is 1. The van der Waals surface area contributed by atoms with Crippen molar-refractivity contribution in [1.29, 1.82) is 0 Å². The molecule has 1 aromatic rings. The molecule has 2 N–H and O–H groups in total. The van der Waals surface area contributed by atoms with Crippen molar-refractivity contribution in [2.24, 2.45) is 5.92 Å². The second kappa shape index (κ2) is 8.51. The first kappa shape index (κ1) is 18.1. The summed E-state index contributed by atoms with van der Waals surface area (Å²) in [7, 11) is -3.26. The second-order valence-electron chi connectivity index (χ2n) is 5.98. The second-order valence-corrected chi connectivity index (χ2v) is 7.78. The van der Waals surface area contributed by atoms with Crippen molar-refractivity contribution in [3.8, 4) is 0 Å². The molecule has 0 bridgehead atoms. The van der Waals surface area contributed by atoms with Crippen molar-refractivity contribution in [2.45, 2.75) is 52.5 Å². The lowest BCUT2D eigenvalue weighted by Gasteiger charge is -2.12. The summed E-state index contributed by atoms with van der Waals surface area (Å²) in [6, 6.07) is 8.16. The molecule has 5 heteroatoms. The molecule has 0 saturated carbocycles. The maximum atomic E-state index is 12.1. The summed E-state index contributed by atoms with van der Waals surface area (Å²) in [5, 5.41) is 3.33. The highest BCUT2D eigenvalue weighted by molar-refractivity contribution is 7.88. The van der Waals surface area contributed by atoms with Crippen LogP contribution in [0.1, 0.15) is 45.2 Å². The van der Waals surface area contributed by atoms with Gasteiger partial charge < -0.3 is 5.32 Å². The van der Waals surface area contributed by atoms with Crippen LogP contribution >= 0.6 is 0 Å². The molecule has 0 radical (unpaired) electrons. The highest BCUT2D eigenvalue weighted by atomic mass is 32.2. The standard InChI is InChI=1S/C16H28N2O2S/c1-5-14(4)10-18-21(19,20)12-16-8-6-7-15(9-16)11-17-13(2)3/h6-9,13-14,17-18H,5,10-12H2,1-4H3. The molecule has 0 aliphatic heterocycles. The van der Waals surface area contributed by atoms with Crippen LogP contribution in [0.2, 0.25) is 0 Å². The van der Waals surface area contributed by atoms with Crippen LogP contribution in [-0.2, 0) is 22.3 Å². The molecule has 21 heavy (non-hydrogen) atoms. The van der Waals surface area contributed by atoms with Gasteiger partial charge in [-0.05, 0) is 17.0 Å². The largest absolute Gasteiger partial charge is 0.310 e. The molecular weight excluding hydrogens is 284 g/mol. The van der Waals surface area contributed by atoms with Gasteiger partial charge in [0.25, 0.3) is 0 Å². The Morgan fingerprint density at radius 1 is 1.14 bits per heavy atom. The molecule has 1 aromatic carbocycles. The SMILES string of the molecule is CCC(C)CNS(=O)(=O)Cc1cccc(CNC(C)C)c1. The van der Waals surface area contributed by atoms with Crippen molar-refractivity contribution >= 4 is 10.0 Å². The summed E-state index contributed by atoms with van der Waals surface area (Å²) >= 11 is 0. The Hall–Kier alpha value is -0.910. The number of hydrogen-bond donors (Lipinski definition) is 2. The average molecular weight is 312 g/mol. The molecule has 0 aromatic heterocycles. The lowest BCUT2D eigenvalue weighted by molar-refractivity contribution is 0.528. The van der Waals surface area contributed by atoms with E-state index in [0.29, 0.717) is 18.5 Å². The van der Waals surface area contributed by atoms with E-state index in [0.717, 1.165) is 24.1 Å². The fourth-order valence-electron chi connectivity index (χ4n) is 1.84. The maximum absolute atomic E-state index is 12.1. The number of nitrogens with one attached hydrogen (secondary N) is 2. The molecule has 1 unspecified atom stereocenters. The molecule has 0 saturated heterocycles. The predicted octanol–water partition coefficient (Wildman–Crippen LogP) is 2.65. The first-order valence-corrected chi connectivity index (χ1v) is 9.26. The summed E-state index contributed by atoms with van der Waals surface area (Å²) in [6.45, 7) is 9.55. The van der Waals surface area contributed by atoms with Gasteiger partial charge in [0, 0.05) is 19.1 Å². The van der Waals surface area contributed by atoms with E-state index in [1.807, 2.05) is 31.2 Å². The van der Waals surface area contributed by atoms with Gasteiger partial charge >= 0.3 is 0 Å². The minimum absolute atomic E-state index is 0.0406. The van der Waals surface area contributed by atoms with E-state index >= 15 is 0 Å². The number of hydrogen-bond acceptors (Lipinski definition) is 3. The highest BCUT2D eigenvalue weighted by Crippen LogP contribution is 2.09. The van der Waals surface area contributed by atoms with E-state index in [2.05, 4.69) is 30.8 Å². The highest BCUT2D eigenvalue weighted by Gasteiger charge is 2.12. The van der Waals surface area contributed by atoms with Crippen molar-refractivity contribution in [3.63, 3.8) is 0 Å². The summed E-state index contributed by atoms with van der Waals surface area (Å²) in [6.07, 6.45) is 0.971. The molecular formula is C16H28N2O2S. The first-order valence-electron chi connectivity index (χ1n) is 7.61. The quantitative estimate of drug-likeness (QED) is 0.737. The van der Waals surface area contributed by atoms with Crippen molar-refractivity contribution in [1.82, 2.24) is 10.0 Å². The molecule has 1 rings (SSSR count). The Morgan fingerprint density at radius 3 is 2.43 bits per heavy atom. The van der Waals surface area contributed by atoms with E-state index in [1.54, 1.807) is 0 Å². The molecule has 120 valence electrons. The van der Waals surface area contributed by atoms with Crippen LogP contribution in [0, 0.1) is 5.92 Å². The van der Waals surface area contributed by atoms with Gasteiger partial charge in [-0.1, -0.05) is 58.4 Å². The van der Waals surface area contributed by atoms with Crippen LogP contribution in [0.5, 0.6) is 0 Å². The van der Waals surface area contributed by atoms with E-state index in [9.17, 15) is 8.42 Å². The van der Waals surface area contributed by atoms with Gasteiger partial charge in [-0.25, -0.2) is 13.1 Å². The third kappa shape index (κ3) is 7.60. The van der Waals surface area contributed by atoms with Gasteiger partial charge in [-0.15, -0.1) is 0 Å². The van der Waals surface area contributed by atoms with Crippen LogP contribution in [0.25, 0.3) is 0 Å². The van der Waals surface area contributed by atoms with E-state index in [1.165, 1.54) is 0 Å². The maximum Gasteiger partial charge on any atom is 0.215 e. The van der Waals surface area contributed by atoms with Gasteiger partial charge in [-0.3, -0.25) is 0 Å². The molecule has 4 nitrogen and oxygen atoms in total. The van der Waals surface area contributed by atoms with Gasteiger partial charge in [0.15, 0.2) is 0 Å². The molecule has 0 aliphatic rings. The van der Waals surface area contributed by atoms with Crippen LogP contribution < -0.4 is 10.0 Å².